The number of halogens is 1. The van der Waals surface area contributed by atoms with E-state index in [1.165, 1.54) is 16.7 Å². The van der Waals surface area contributed by atoms with Gasteiger partial charge in [-0.25, -0.2) is 0 Å². The van der Waals surface area contributed by atoms with E-state index in [0.717, 1.165) is 34.7 Å². The van der Waals surface area contributed by atoms with Gasteiger partial charge < -0.3 is 19.5 Å². The largest absolute Gasteiger partial charge is 0.496 e. The van der Waals surface area contributed by atoms with Crippen molar-refractivity contribution in [2.75, 3.05) is 27.9 Å². The van der Waals surface area contributed by atoms with Gasteiger partial charge in [-0.1, -0.05) is 6.07 Å². The SMILES string of the molecule is COc1ccc(C2NCCc3cc(OC)c(OC)cc32)cc1Br. The fraction of sp³-hybridized carbons (Fsp3) is 0.333. The lowest BCUT2D eigenvalue weighted by Gasteiger charge is -2.28. The fourth-order valence-electron chi connectivity index (χ4n) is 3.04. The zero-order valence-electron chi connectivity index (χ0n) is 13.5. The molecule has 0 bridgehead atoms. The molecule has 0 spiro atoms. The van der Waals surface area contributed by atoms with Gasteiger partial charge in [0.2, 0.25) is 0 Å². The molecule has 2 aromatic carbocycles. The summed E-state index contributed by atoms with van der Waals surface area (Å²) in [5.41, 5.74) is 3.70. The van der Waals surface area contributed by atoms with Gasteiger partial charge in [-0.3, -0.25) is 0 Å². The predicted molar refractivity (Wildman–Crippen MR) is 93.8 cm³/mol. The summed E-state index contributed by atoms with van der Waals surface area (Å²) in [7, 11) is 5.01. The first kappa shape index (κ1) is 16.1. The highest BCUT2D eigenvalue weighted by Crippen LogP contribution is 2.38. The van der Waals surface area contributed by atoms with Gasteiger partial charge in [0, 0.05) is 6.54 Å². The number of hydrogen-bond donors (Lipinski definition) is 1. The molecule has 1 aliphatic heterocycles. The Balaban J connectivity index is 2.05. The van der Waals surface area contributed by atoms with E-state index in [0.29, 0.717) is 0 Å². The summed E-state index contributed by atoms with van der Waals surface area (Å²) < 4.78 is 17.2. The van der Waals surface area contributed by atoms with Crippen LogP contribution in [0.1, 0.15) is 22.7 Å². The van der Waals surface area contributed by atoms with Crippen molar-refractivity contribution in [1.82, 2.24) is 5.32 Å². The number of nitrogens with one attached hydrogen (secondary N) is 1. The molecule has 1 unspecified atom stereocenters. The number of rotatable bonds is 4. The first-order valence-corrected chi connectivity index (χ1v) is 8.28. The summed E-state index contributed by atoms with van der Waals surface area (Å²) in [4.78, 5) is 0. The van der Waals surface area contributed by atoms with Crippen molar-refractivity contribution in [2.45, 2.75) is 12.5 Å². The highest BCUT2D eigenvalue weighted by molar-refractivity contribution is 9.10. The van der Waals surface area contributed by atoms with Crippen LogP contribution in [-0.4, -0.2) is 27.9 Å². The maximum absolute atomic E-state index is 5.46. The highest BCUT2D eigenvalue weighted by atomic mass is 79.9. The molecule has 2 aromatic rings. The lowest BCUT2D eigenvalue weighted by molar-refractivity contribution is 0.353. The number of fused-ring (bicyclic) bond motifs is 1. The molecule has 1 N–H and O–H groups in total. The van der Waals surface area contributed by atoms with Crippen molar-refractivity contribution in [3.8, 4) is 17.2 Å². The van der Waals surface area contributed by atoms with Gasteiger partial charge in [-0.15, -0.1) is 0 Å². The number of hydrogen-bond acceptors (Lipinski definition) is 4. The third-order valence-corrected chi connectivity index (χ3v) is 4.83. The van der Waals surface area contributed by atoms with Gasteiger partial charge in [0.15, 0.2) is 11.5 Å². The minimum absolute atomic E-state index is 0.126. The van der Waals surface area contributed by atoms with Crippen molar-refractivity contribution in [3.05, 3.63) is 51.5 Å². The Morgan fingerprint density at radius 1 is 0.957 bits per heavy atom. The second kappa shape index (κ2) is 6.81. The quantitative estimate of drug-likeness (QED) is 0.881. The number of benzene rings is 2. The summed E-state index contributed by atoms with van der Waals surface area (Å²) in [5.74, 6) is 2.37. The molecule has 0 radical (unpaired) electrons. The Kier molecular flexibility index (Phi) is 4.78. The van der Waals surface area contributed by atoms with Crippen LogP contribution in [0.4, 0.5) is 0 Å². The molecular formula is C18H20BrNO3. The highest BCUT2D eigenvalue weighted by Gasteiger charge is 2.24. The van der Waals surface area contributed by atoms with Crippen LogP contribution >= 0.6 is 15.9 Å². The van der Waals surface area contributed by atoms with Crippen LogP contribution in [0, 0.1) is 0 Å². The molecule has 1 heterocycles. The number of ether oxygens (including phenoxy) is 3. The van der Waals surface area contributed by atoms with Crippen LogP contribution in [0.15, 0.2) is 34.8 Å². The molecule has 0 saturated heterocycles. The van der Waals surface area contributed by atoms with Gasteiger partial charge in [-0.05, 0) is 63.3 Å². The molecule has 0 aliphatic carbocycles. The molecule has 5 heteroatoms. The lowest BCUT2D eigenvalue weighted by atomic mass is 9.89. The zero-order chi connectivity index (χ0) is 16.4. The van der Waals surface area contributed by atoms with Gasteiger partial charge in [0.1, 0.15) is 5.75 Å². The lowest BCUT2D eigenvalue weighted by Crippen LogP contribution is -2.30. The van der Waals surface area contributed by atoms with Crippen molar-refractivity contribution in [3.63, 3.8) is 0 Å². The second-order valence-corrected chi connectivity index (χ2v) is 6.29. The van der Waals surface area contributed by atoms with Crippen LogP contribution in [-0.2, 0) is 6.42 Å². The maximum Gasteiger partial charge on any atom is 0.161 e. The first-order valence-electron chi connectivity index (χ1n) is 7.49. The monoisotopic (exact) mass is 377 g/mol. The summed E-state index contributed by atoms with van der Waals surface area (Å²) in [6, 6.07) is 10.5. The number of methoxy groups -OCH3 is 3. The second-order valence-electron chi connectivity index (χ2n) is 5.44. The van der Waals surface area contributed by atoms with E-state index in [9.17, 15) is 0 Å². The topological polar surface area (TPSA) is 39.7 Å². The first-order chi connectivity index (χ1) is 11.2. The average molecular weight is 378 g/mol. The van der Waals surface area contributed by atoms with E-state index in [2.05, 4.69) is 45.5 Å². The van der Waals surface area contributed by atoms with E-state index in [4.69, 9.17) is 14.2 Å². The van der Waals surface area contributed by atoms with E-state index in [1.807, 2.05) is 6.07 Å². The summed E-state index contributed by atoms with van der Waals surface area (Å²) in [6.07, 6.45) is 0.976. The Labute approximate surface area is 144 Å². The zero-order valence-corrected chi connectivity index (χ0v) is 15.1. The van der Waals surface area contributed by atoms with E-state index in [1.54, 1.807) is 21.3 Å². The molecule has 0 saturated carbocycles. The van der Waals surface area contributed by atoms with E-state index in [-0.39, 0.29) is 6.04 Å². The van der Waals surface area contributed by atoms with Crippen molar-refractivity contribution >= 4 is 15.9 Å². The Morgan fingerprint density at radius 2 is 1.65 bits per heavy atom. The van der Waals surface area contributed by atoms with Gasteiger partial charge in [0.05, 0.1) is 31.8 Å². The van der Waals surface area contributed by atoms with Gasteiger partial charge >= 0.3 is 0 Å². The molecule has 0 aromatic heterocycles. The van der Waals surface area contributed by atoms with E-state index < -0.39 is 0 Å². The minimum Gasteiger partial charge on any atom is -0.496 e. The third kappa shape index (κ3) is 3.03. The van der Waals surface area contributed by atoms with Crippen molar-refractivity contribution in [2.24, 2.45) is 0 Å². The molecule has 23 heavy (non-hydrogen) atoms. The fourth-order valence-corrected chi connectivity index (χ4v) is 3.60. The molecule has 1 atom stereocenters. The minimum atomic E-state index is 0.126. The van der Waals surface area contributed by atoms with Gasteiger partial charge in [-0.2, -0.15) is 0 Å². The van der Waals surface area contributed by atoms with Crippen LogP contribution in [0.3, 0.4) is 0 Å². The molecule has 1 aliphatic rings. The third-order valence-electron chi connectivity index (χ3n) is 4.21. The maximum atomic E-state index is 5.46. The summed E-state index contributed by atoms with van der Waals surface area (Å²) in [6.45, 7) is 0.927. The predicted octanol–water partition coefficient (Wildman–Crippen LogP) is 3.71. The van der Waals surface area contributed by atoms with E-state index >= 15 is 0 Å². The molecule has 3 rings (SSSR count). The van der Waals surface area contributed by atoms with Crippen LogP contribution < -0.4 is 19.5 Å². The average Bonchev–Trinajstić information content (AvgIpc) is 2.59. The van der Waals surface area contributed by atoms with Crippen molar-refractivity contribution in [1.29, 1.82) is 0 Å². The van der Waals surface area contributed by atoms with Crippen LogP contribution in [0.5, 0.6) is 17.2 Å². The summed E-state index contributed by atoms with van der Waals surface area (Å²) in [5, 5.41) is 3.59. The molecule has 0 amide bonds. The molecule has 122 valence electrons. The Bertz CT molecular complexity index is 718. The molecule has 0 fully saturated rings. The van der Waals surface area contributed by atoms with Crippen LogP contribution in [0.2, 0.25) is 0 Å². The van der Waals surface area contributed by atoms with Crippen LogP contribution in [0.25, 0.3) is 0 Å². The summed E-state index contributed by atoms with van der Waals surface area (Å²) >= 11 is 3.57. The Morgan fingerprint density at radius 3 is 2.30 bits per heavy atom. The normalized spacial score (nSPS) is 16.6. The van der Waals surface area contributed by atoms with Crippen molar-refractivity contribution < 1.29 is 14.2 Å². The standard InChI is InChI=1S/C18H20BrNO3/c1-21-15-5-4-12(8-14(15)19)18-13-10-17(23-3)16(22-2)9-11(13)6-7-20-18/h4-5,8-10,18,20H,6-7H2,1-3H3. The smallest absolute Gasteiger partial charge is 0.161 e. The molecular weight excluding hydrogens is 358 g/mol. The Hall–Kier alpha value is -1.72. The molecule has 4 nitrogen and oxygen atoms in total. The van der Waals surface area contributed by atoms with Gasteiger partial charge in [0.25, 0.3) is 0 Å².